The van der Waals surface area contributed by atoms with Gasteiger partial charge in [-0.2, -0.15) is 0 Å². The Morgan fingerprint density at radius 1 is 1.24 bits per heavy atom. The fourth-order valence-corrected chi connectivity index (χ4v) is 9.47. The highest BCUT2D eigenvalue weighted by Gasteiger charge is 2.85. The van der Waals surface area contributed by atoms with Gasteiger partial charge in [-0.3, -0.25) is 0 Å². The van der Waals surface area contributed by atoms with E-state index in [9.17, 15) is 10.2 Å². The zero-order valence-electron chi connectivity index (χ0n) is 21.5. The van der Waals surface area contributed by atoms with Crippen molar-refractivity contribution in [2.24, 2.45) is 11.3 Å². The van der Waals surface area contributed by atoms with Crippen molar-refractivity contribution in [3.63, 3.8) is 0 Å². The van der Waals surface area contributed by atoms with Gasteiger partial charge in [0.25, 0.3) is 0 Å². The van der Waals surface area contributed by atoms with Crippen molar-refractivity contribution in [1.82, 2.24) is 4.90 Å². The molecule has 5 heteroatoms. The molecular weight excluding hydrogens is 426 g/mol. The molecule has 6 aliphatic rings. The number of ether oxygens (including phenoxy) is 2. The summed E-state index contributed by atoms with van der Waals surface area (Å²) in [6, 6.07) is 4.24. The number of rotatable bonds is 7. The highest BCUT2D eigenvalue weighted by atomic mass is 16.6. The maximum Gasteiger partial charge on any atom is 0.166 e. The fourth-order valence-electron chi connectivity index (χ4n) is 9.47. The minimum Gasteiger partial charge on any atom is -0.504 e. The van der Waals surface area contributed by atoms with E-state index in [4.69, 9.17) is 9.47 Å². The van der Waals surface area contributed by atoms with Crippen LogP contribution in [-0.2, 0) is 16.6 Å². The third kappa shape index (κ3) is 2.29. The monoisotopic (exact) mass is 467 g/mol. The predicted octanol–water partition coefficient (Wildman–Crippen LogP) is 4.72. The molecule has 2 fully saturated rings. The number of likely N-dealkylation sites (N-methyl/N-ethyl adjacent to an activating group) is 1. The number of aromatic hydroxyl groups is 1. The molecule has 0 radical (unpaired) electrons. The van der Waals surface area contributed by atoms with Crippen molar-refractivity contribution in [2.75, 3.05) is 20.7 Å². The van der Waals surface area contributed by atoms with Gasteiger partial charge in [-0.25, -0.2) is 0 Å². The highest BCUT2D eigenvalue weighted by molar-refractivity contribution is 5.67. The Balaban J connectivity index is 1.56. The number of fused-ring (bicyclic) bond motifs is 1. The minimum atomic E-state index is -0.876. The van der Waals surface area contributed by atoms with Gasteiger partial charge >= 0.3 is 0 Å². The first-order valence-corrected chi connectivity index (χ1v) is 13.4. The number of phenols is 1. The van der Waals surface area contributed by atoms with Gasteiger partial charge in [0.2, 0.25) is 0 Å². The Bertz CT molecular complexity index is 1050. The highest BCUT2D eigenvalue weighted by Crippen LogP contribution is 2.79. The normalized spacial score (nSPS) is 42.9. The number of phenolic OH excluding ortho intramolecular Hbond substituents is 1. The number of unbranched alkanes of at least 4 members (excludes halogenated alkanes) is 3. The van der Waals surface area contributed by atoms with Crippen LogP contribution in [0.4, 0.5) is 0 Å². The number of benzene rings is 1. The van der Waals surface area contributed by atoms with Crippen LogP contribution in [0, 0.1) is 11.3 Å². The molecule has 2 heterocycles. The van der Waals surface area contributed by atoms with Crippen LogP contribution in [0.1, 0.15) is 76.8 Å². The summed E-state index contributed by atoms with van der Waals surface area (Å²) in [7, 11) is 4.04. The summed E-state index contributed by atoms with van der Waals surface area (Å²) in [6.07, 6.45) is 12.8. The van der Waals surface area contributed by atoms with Crippen LogP contribution >= 0.6 is 0 Å². The molecule has 1 saturated heterocycles. The third-order valence-electron chi connectivity index (χ3n) is 11.0. The van der Waals surface area contributed by atoms with Crippen LogP contribution in [0.25, 0.3) is 0 Å². The molecule has 4 bridgehead atoms. The van der Waals surface area contributed by atoms with Gasteiger partial charge in [-0.15, -0.1) is 0 Å². The molecule has 7 atom stereocenters. The molecule has 5 nitrogen and oxygen atoms in total. The molecule has 2 N–H and O–H groups in total. The zero-order valence-corrected chi connectivity index (χ0v) is 21.5. The summed E-state index contributed by atoms with van der Waals surface area (Å²) < 4.78 is 13.5. The van der Waals surface area contributed by atoms with E-state index >= 15 is 0 Å². The zero-order chi connectivity index (χ0) is 24.1. The first-order chi connectivity index (χ1) is 16.1. The molecule has 1 aromatic carbocycles. The van der Waals surface area contributed by atoms with Gasteiger partial charge in [-0.1, -0.05) is 50.8 Å². The van der Waals surface area contributed by atoms with E-state index in [1.807, 2.05) is 6.92 Å². The van der Waals surface area contributed by atoms with E-state index in [0.717, 1.165) is 45.1 Å². The number of nitrogens with zero attached hydrogens (tertiary/aromatic N) is 1. The maximum atomic E-state index is 12.1. The SMILES string of the molecule is CCCCCC[C@](C)(O)[C@@H]1C[C@@]23C=C[C@@]1(OC)[C@@]1(C)Oc4c(O)ccc5c4[C@@]12CCN(C)[C@H]3C5. The quantitative estimate of drug-likeness (QED) is 0.449. The molecule has 1 aromatic rings. The Kier molecular flexibility index (Phi) is 4.72. The van der Waals surface area contributed by atoms with E-state index in [1.54, 1.807) is 13.2 Å². The Morgan fingerprint density at radius 2 is 2.03 bits per heavy atom. The van der Waals surface area contributed by atoms with E-state index in [0.29, 0.717) is 11.8 Å². The molecule has 0 aromatic heterocycles. The summed E-state index contributed by atoms with van der Waals surface area (Å²) >= 11 is 0. The van der Waals surface area contributed by atoms with Gasteiger partial charge in [-0.05, 0) is 64.8 Å². The second-order valence-electron chi connectivity index (χ2n) is 12.2. The summed E-state index contributed by atoms with van der Waals surface area (Å²) in [5.74, 6) is 0.785. The molecule has 2 aliphatic heterocycles. The molecule has 34 heavy (non-hydrogen) atoms. The second kappa shape index (κ2) is 7.02. The van der Waals surface area contributed by atoms with Gasteiger partial charge in [0.1, 0.15) is 11.2 Å². The Labute approximate surface area is 204 Å². The number of methoxy groups -OCH3 is 1. The average Bonchev–Trinajstić information content (AvgIpc) is 3.11. The van der Waals surface area contributed by atoms with E-state index in [-0.39, 0.29) is 22.5 Å². The first-order valence-electron chi connectivity index (χ1n) is 13.4. The lowest BCUT2D eigenvalue weighted by atomic mass is 9.32. The topological polar surface area (TPSA) is 62.2 Å². The van der Waals surface area contributed by atoms with E-state index in [2.05, 4.69) is 44.0 Å². The van der Waals surface area contributed by atoms with Gasteiger partial charge < -0.3 is 24.6 Å². The second-order valence-corrected chi connectivity index (χ2v) is 12.2. The third-order valence-corrected chi connectivity index (χ3v) is 11.0. The smallest absolute Gasteiger partial charge is 0.166 e. The number of hydrogen-bond acceptors (Lipinski definition) is 5. The van der Waals surface area contributed by atoms with Crippen molar-refractivity contribution in [3.8, 4) is 11.5 Å². The number of likely N-dealkylation sites (tertiary alicyclic amines) is 1. The van der Waals surface area contributed by atoms with Crippen molar-refractivity contribution in [2.45, 2.75) is 100 Å². The molecule has 1 saturated carbocycles. The van der Waals surface area contributed by atoms with Crippen LogP contribution in [0.5, 0.6) is 11.5 Å². The van der Waals surface area contributed by atoms with Gasteiger partial charge in [0, 0.05) is 30.0 Å². The summed E-state index contributed by atoms with van der Waals surface area (Å²) in [4.78, 5) is 2.53. The lowest BCUT2D eigenvalue weighted by Gasteiger charge is -2.75. The molecule has 186 valence electrons. The Morgan fingerprint density at radius 3 is 2.76 bits per heavy atom. The van der Waals surface area contributed by atoms with Gasteiger partial charge in [0.15, 0.2) is 11.5 Å². The lowest BCUT2D eigenvalue weighted by molar-refractivity contribution is -0.286. The number of hydrogen-bond donors (Lipinski definition) is 2. The summed E-state index contributed by atoms with van der Waals surface area (Å²) in [5.41, 5.74) is -0.295. The van der Waals surface area contributed by atoms with Crippen LogP contribution < -0.4 is 4.74 Å². The van der Waals surface area contributed by atoms with Crippen molar-refractivity contribution in [1.29, 1.82) is 0 Å². The molecule has 4 aliphatic carbocycles. The Hall–Kier alpha value is -1.56. The first kappa shape index (κ1) is 22.9. The predicted molar refractivity (Wildman–Crippen MR) is 132 cm³/mol. The molecule has 7 rings (SSSR count). The van der Waals surface area contributed by atoms with E-state index < -0.39 is 16.8 Å². The number of piperidine rings is 1. The molecule has 0 unspecified atom stereocenters. The van der Waals surface area contributed by atoms with Crippen LogP contribution in [0.15, 0.2) is 24.3 Å². The molecule has 0 amide bonds. The fraction of sp³-hybridized carbons (Fsp3) is 0.724. The lowest BCUT2D eigenvalue weighted by Crippen LogP contribution is -2.85. The summed E-state index contributed by atoms with van der Waals surface area (Å²) in [5, 5.41) is 23.0. The van der Waals surface area contributed by atoms with Crippen LogP contribution in [0.2, 0.25) is 0 Å². The standard InChI is InChI=1S/C29H41NO4/c1-6-7-8-9-12-25(2,32)21-18-27-13-14-29(21,33-5)26(3)28(27)15-16-30(4)22(27)17-19-10-11-20(31)24(34-26)23(19)28/h10-11,13-14,21-22,31-32H,6-9,12,15-18H2,1-5H3/t21-,22-,25-,26-,27+,28-,29-/m0/s1. The van der Waals surface area contributed by atoms with Crippen LogP contribution in [0.3, 0.4) is 0 Å². The van der Waals surface area contributed by atoms with Crippen molar-refractivity contribution < 1.29 is 19.7 Å². The van der Waals surface area contributed by atoms with Crippen molar-refractivity contribution in [3.05, 3.63) is 35.4 Å². The van der Waals surface area contributed by atoms with E-state index in [1.165, 1.54) is 24.0 Å². The summed E-state index contributed by atoms with van der Waals surface area (Å²) in [6.45, 7) is 7.45. The molecule has 2 spiro atoms. The molecular formula is C29H41NO4. The minimum absolute atomic E-state index is 0.0956. The average molecular weight is 468 g/mol. The van der Waals surface area contributed by atoms with Crippen LogP contribution in [-0.4, -0.2) is 58.7 Å². The van der Waals surface area contributed by atoms with Gasteiger partial charge in [0.05, 0.1) is 11.0 Å². The largest absolute Gasteiger partial charge is 0.504 e. The van der Waals surface area contributed by atoms with Crippen molar-refractivity contribution >= 4 is 0 Å². The number of aliphatic hydroxyl groups is 1. The maximum absolute atomic E-state index is 12.1.